The maximum Gasteiger partial charge on any atom is 0.270 e. The third kappa shape index (κ3) is 10.2. The summed E-state index contributed by atoms with van der Waals surface area (Å²) in [7, 11) is -7.98. The zero-order valence-electron chi connectivity index (χ0n) is 15.8. The van der Waals surface area contributed by atoms with Gasteiger partial charge in [0, 0.05) is 0 Å². The van der Waals surface area contributed by atoms with Crippen LogP contribution in [0, 0.1) is 0 Å². The summed E-state index contributed by atoms with van der Waals surface area (Å²) in [6.45, 7) is 6.17. The van der Waals surface area contributed by atoms with E-state index in [2.05, 4.69) is 0 Å². The molecule has 0 amide bonds. The highest BCUT2D eigenvalue weighted by Gasteiger charge is 2.32. The molecule has 0 unspecified atom stereocenters. The Morgan fingerprint density at radius 1 is 0.640 bits per heavy atom. The van der Waals surface area contributed by atoms with E-state index in [1.165, 1.54) is 0 Å². The topological polar surface area (TPSA) is 109 Å². The van der Waals surface area contributed by atoms with Crippen LogP contribution in [0.2, 0.25) is 0 Å². The summed E-state index contributed by atoms with van der Waals surface area (Å²) in [6, 6.07) is 0. The van der Waals surface area contributed by atoms with Crippen LogP contribution in [0.3, 0.4) is 0 Å². The lowest BCUT2D eigenvalue weighted by Gasteiger charge is -2.20. The molecule has 152 valence electrons. The first kappa shape index (κ1) is 25.2. The molecular formula is C16H34O6S3. The molecule has 0 aromatic rings. The molecule has 0 aromatic heterocycles. The molecule has 2 N–H and O–H groups in total. The minimum Gasteiger partial charge on any atom is -0.285 e. The SMILES string of the molecule is CC(C)(CCCCCSCCCCCC(C)(C)S(=O)(=O)O)S(=O)(=O)O. The summed E-state index contributed by atoms with van der Waals surface area (Å²) in [5, 5.41) is 0. The highest BCUT2D eigenvalue weighted by atomic mass is 32.2. The van der Waals surface area contributed by atoms with Gasteiger partial charge in [0.15, 0.2) is 0 Å². The fourth-order valence-electron chi connectivity index (χ4n) is 2.22. The first-order valence-electron chi connectivity index (χ1n) is 8.72. The fraction of sp³-hybridized carbons (Fsp3) is 1.00. The van der Waals surface area contributed by atoms with Crippen molar-refractivity contribution in [2.24, 2.45) is 0 Å². The predicted octanol–water partition coefficient (Wildman–Crippen LogP) is 4.17. The Morgan fingerprint density at radius 3 is 1.24 bits per heavy atom. The van der Waals surface area contributed by atoms with Gasteiger partial charge in [0.05, 0.1) is 9.49 Å². The van der Waals surface area contributed by atoms with Crippen LogP contribution < -0.4 is 0 Å². The Bertz CT molecular complexity index is 527. The van der Waals surface area contributed by atoms with E-state index >= 15 is 0 Å². The van der Waals surface area contributed by atoms with Gasteiger partial charge in [-0.25, -0.2) is 0 Å². The normalized spacial score (nSPS) is 14.0. The smallest absolute Gasteiger partial charge is 0.270 e. The zero-order chi connectivity index (χ0) is 19.8. The highest BCUT2D eigenvalue weighted by Crippen LogP contribution is 2.24. The third-order valence-electron chi connectivity index (χ3n) is 4.53. The van der Waals surface area contributed by atoms with Crippen molar-refractivity contribution in [3.63, 3.8) is 0 Å². The molecule has 9 heteroatoms. The Kier molecular flexibility index (Phi) is 10.6. The number of hydrogen-bond donors (Lipinski definition) is 2. The van der Waals surface area contributed by atoms with E-state index in [1.54, 1.807) is 27.7 Å². The fourth-order valence-corrected chi connectivity index (χ4v) is 4.05. The standard InChI is InChI=1S/C16H34O6S3/c1-15(2,24(17,18)19)11-7-5-9-13-23-14-10-6-8-12-16(3,4)25(20,21)22/h5-14H2,1-4H3,(H,17,18,19)(H,20,21,22). The molecule has 0 atom stereocenters. The first-order chi connectivity index (χ1) is 11.2. The first-order valence-corrected chi connectivity index (χ1v) is 12.8. The monoisotopic (exact) mass is 418 g/mol. The van der Waals surface area contributed by atoms with Crippen molar-refractivity contribution in [2.75, 3.05) is 11.5 Å². The summed E-state index contributed by atoms with van der Waals surface area (Å²) in [5.41, 5.74) is 0. The van der Waals surface area contributed by atoms with Gasteiger partial charge in [0.2, 0.25) is 0 Å². The van der Waals surface area contributed by atoms with Crippen molar-refractivity contribution in [2.45, 2.75) is 88.6 Å². The van der Waals surface area contributed by atoms with Crippen LogP contribution in [0.1, 0.15) is 79.1 Å². The van der Waals surface area contributed by atoms with Crippen LogP contribution in [-0.2, 0) is 20.2 Å². The van der Waals surface area contributed by atoms with E-state index in [0.29, 0.717) is 12.8 Å². The second-order valence-electron chi connectivity index (χ2n) is 7.70. The molecule has 0 aliphatic heterocycles. The molecule has 0 aliphatic carbocycles. The van der Waals surface area contributed by atoms with Crippen LogP contribution >= 0.6 is 11.8 Å². The average molecular weight is 419 g/mol. The van der Waals surface area contributed by atoms with Gasteiger partial charge < -0.3 is 0 Å². The second kappa shape index (κ2) is 10.5. The van der Waals surface area contributed by atoms with Gasteiger partial charge in [0.1, 0.15) is 0 Å². The van der Waals surface area contributed by atoms with E-state index < -0.39 is 29.7 Å². The molecule has 6 nitrogen and oxygen atoms in total. The summed E-state index contributed by atoms with van der Waals surface area (Å²) in [6.07, 6.45) is 6.38. The Morgan fingerprint density at radius 2 is 0.960 bits per heavy atom. The van der Waals surface area contributed by atoms with Crippen LogP contribution in [0.15, 0.2) is 0 Å². The molecule has 0 heterocycles. The minimum absolute atomic E-state index is 0.458. The summed E-state index contributed by atoms with van der Waals surface area (Å²) in [5.74, 6) is 2.03. The van der Waals surface area contributed by atoms with E-state index in [4.69, 9.17) is 9.11 Å². The van der Waals surface area contributed by atoms with Gasteiger partial charge in [-0.15, -0.1) is 0 Å². The zero-order valence-corrected chi connectivity index (χ0v) is 18.3. The van der Waals surface area contributed by atoms with Gasteiger partial charge in [0.25, 0.3) is 20.2 Å². The van der Waals surface area contributed by atoms with Gasteiger partial charge >= 0.3 is 0 Å². The van der Waals surface area contributed by atoms with Crippen LogP contribution in [0.5, 0.6) is 0 Å². The Balaban J connectivity index is 3.61. The summed E-state index contributed by atoms with van der Waals surface area (Å²) in [4.78, 5) is 0. The number of thioether (sulfide) groups is 1. The lowest BCUT2D eigenvalue weighted by Crippen LogP contribution is -2.31. The largest absolute Gasteiger partial charge is 0.285 e. The molecule has 0 saturated heterocycles. The molecular weight excluding hydrogens is 384 g/mol. The maximum absolute atomic E-state index is 11.2. The van der Waals surface area contributed by atoms with Crippen molar-refractivity contribution in [3.8, 4) is 0 Å². The maximum atomic E-state index is 11.2. The third-order valence-corrected chi connectivity index (χ3v) is 8.89. The Hall–Kier alpha value is 0.170. The van der Waals surface area contributed by atoms with Crippen molar-refractivity contribution in [1.82, 2.24) is 0 Å². The minimum atomic E-state index is -3.99. The predicted molar refractivity (Wildman–Crippen MR) is 106 cm³/mol. The number of rotatable bonds is 14. The van der Waals surface area contributed by atoms with E-state index in [0.717, 1.165) is 50.0 Å². The van der Waals surface area contributed by atoms with Gasteiger partial charge in [-0.1, -0.05) is 25.7 Å². The lowest BCUT2D eigenvalue weighted by atomic mass is 10.0. The van der Waals surface area contributed by atoms with E-state index in [-0.39, 0.29) is 0 Å². The lowest BCUT2D eigenvalue weighted by molar-refractivity contribution is 0.423. The van der Waals surface area contributed by atoms with Gasteiger partial charge in [-0.2, -0.15) is 28.6 Å². The molecule has 25 heavy (non-hydrogen) atoms. The van der Waals surface area contributed by atoms with Crippen molar-refractivity contribution >= 4 is 32.0 Å². The van der Waals surface area contributed by atoms with Crippen molar-refractivity contribution < 1.29 is 25.9 Å². The Labute approximate surface area is 158 Å². The molecule has 0 saturated carbocycles. The van der Waals surface area contributed by atoms with Crippen LogP contribution in [0.25, 0.3) is 0 Å². The summed E-state index contributed by atoms with van der Waals surface area (Å²) < 4.78 is 60.7. The number of hydrogen-bond acceptors (Lipinski definition) is 5. The molecule has 0 bridgehead atoms. The van der Waals surface area contributed by atoms with Gasteiger partial charge in [-0.05, 0) is 64.9 Å². The number of unbranched alkanes of at least 4 members (excludes halogenated alkanes) is 4. The second-order valence-corrected chi connectivity index (χ2v) is 13.0. The highest BCUT2D eigenvalue weighted by molar-refractivity contribution is 7.99. The summed E-state index contributed by atoms with van der Waals surface area (Å²) >= 11 is 1.84. The van der Waals surface area contributed by atoms with Crippen molar-refractivity contribution in [3.05, 3.63) is 0 Å². The molecule has 0 spiro atoms. The molecule has 0 radical (unpaired) electrons. The molecule has 0 aliphatic rings. The average Bonchev–Trinajstić information content (AvgIpc) is 2.42. The van der Waals surface area contributed by atoms with Gasteiger partial charge in [-0.3, -0.25) is 9.11 Å². The molecule has 0 aromatic carbocycles. The van der Waals surface area contributed by atoms with Crippen molar-refractivity contribution in [1.29, 1.82) is 0 Å². The van der Waals surface area contributed by atoms with Crippen LogP contribution in [-0.4, -0.2) is 46.9 Å². The van der Waals surface area contributed by atoms with E-state index in [1.807, 2.05) is 11.8 Å². The molecule has 0 fully saturated rings. The quantitative estimate of drug-likeness (QED) is 0.322. The van der Waals surface area contributed by atoms with Crippen LogP contribution in [0.4, 0.5) is 0 Å². The molecule has 0 rings (SSSR count). The van der Waals surface area contributed by atoms with E-state index in [9.17, 15) is 16.8 Å².